The van der Waals surface area contributed by atoms with Crippen molar-refractivity contribution in [2.45, 2.75) is 30.2 Å². The quantitative estimate of drug-likeness (QED) is 0.861. The van der Waals surface area contributed by atoms with Crippen molar-refractivity contribution in [2.75, 3.05) is 19.3 Å². The summed E-state index contributed by atoms with van der Waals surface area (Å²) in [5.41, 5.74) is 2.06. The molecule has 2 aromatic heterocycles. The van der Waals surface area contributed by atoms with E-state index in [-0.39, 0.29) is 5.92 Å². The van der Waals surface area contributed by atoms with Gasteiger partial charge in [0.1, 0.15) is 0 Å². The van der Waals surface area contributed by atoms with E-state index in [0.717, 1.165) is 38.2 Å². The molecule has 0 unspecified atom stereocenters. The normalized spacial score (nSPS) is 20.1. The second-order valence-corrected chi connectivity index (χ2v) is 8.63. The minimum atomic E-state index is -3.23. The Morgan fingerprint density at radius 2 is 2.27 bits per heavy atom. The summed E-state index contributed by atoms with van der Waals surface area (Å²) in [5, 5.41) is 4.27. The molecule has 0 bridgehead atoms. The van der Waals surface area contributed by atoms with Gasteiger partial charge in [0.2, 0.25) is 0 Å². The second-order valence-electron chi connectivity index (χ2n) is 5.86. The third-order valence-corrected chi connectivity index (χ3v) is 5.95. The molecular weight excluding hydrogens is 316 g/mol. The Labute approximate surface area is 135 Å². The average molecular weight is 336 g/mol. The number of rotatable bonds is 4. The Kier molecular flexibility index (Phi) is 4.61. The zero-order valence-corrected chi connectivity index (χ0v) is 14.2. The molecule has 2 aromatic rings. The van der Waals surface area contributed by atoms with Gasteiger partial charge in [-0.05, 0) is 53.9 Å². The van der Waals surface area contributed by atoms with Gasteiger partial charge in [-0.15, -0.1) is 0 Å². The van der Waals surface area contributed by atoms with Crippen LogP contribution in [0.2, 0.25) is 0 Å². The van der Waals surface area contributed by atoms with Crippen LogP contribution < -0.4 is 0 Å². The maximum absolute atomic E-state index is 12.0. The first-order valence-electron chi connectivity index (χ1n) is 7.42. The van der Waals surface area contributed by atoms with Gasteiger partial charge in [0.15, 0.2) is 9.84 Å². The third kappa shape index (κ3) is 3.56. The number of likely N-dealkylation sites (tertiary alicyclic amines) is 1. The molecule has 22 heavy (non-hydrogen) atoms. The Bertz CT molecular complexity index is 726. The molecule has 0 amide bonds. The monoisotopic (exact) mass is 336 g/mol. The molecule has 0 aliphatic carbocycles. The Morgan fingerprint density at radius 3 is 3.00 bits per heavy atom. The Morgan fingerprint density at radius 1 is 1.41 bits per heavy atom. The first kappa shape index (κ1) is 15.6. The minimum absolute atomic E-state index is 0.193. The lowest BCUT2D eigenvalue weighted by atomic mass is 9.94. The molecule has 118 valence electrons. The zero-order valence-electron chi connectivity index (χ0n) is 12.6. The van der Waals surface area contributed by atoms with Gasteiger partial charge in [0.05, 0.1) is 10.6 Å². The van der Waals surface area contributed by atoms with Crippen LogP contribution in [0.15, 0.2) is 40.1 Å². The molecule has 1 aliphatic rings. The highest BCUT2D eigenvalue weighted by atomic mass is 32.2. The zero-order chi connectivity index (χ0) is 15.6. The van der Waals surface area contributed by atoms with E-state index in [4.69, 9.17) is 0 Å². The number of piperidine rings is 1. The number of aromatic nitrogens is 1. The van der Waals surface area contributed by atoms with Crippen molar-refractivity contribution < 1.29 is 8.42 Å². The van der Waals surface area contributed by atoms with Crippen LogP contribution in [-0.4, -0.2) is 37.6 Å². The third-order valence-electron chi connectivity index (χ3n) is 4.08. The van der Waals surface area contributed by atoms with Crippen LogP contribution in [0, 0.1) is 0 Å². The van der Waals surface area contributed by atoms with Crippen molar-refractivity contribution in [1.82, 2.24) is 9.88 Å². The number of nitrogens with zero attached hydrogens (tertiary/aromatic N) is 2. The van der Waals surface area contributed by atoms with Gasteiger partial charge >= 0.3 is 0 Å². The predicted octanol–water partition coefficient (Wildman–Crippen LogP) is 2.93. The van der Waals surface area contributed by atoms with Gasteiger partial charge < -0.3 is 0 Å². The number of pyridine rings is 1. The SMILES string of the molecule is CS(=O)(=O)c1cccnc1[C@@H]1CCCN(Cc2ccsc2)C1. The lowest BCUT2D eigenvalue weighted by Crippen LogP contribution is -2.34. The van der Waals surface area contributed by atoms with E-state index in [2.05, 4.69) is 26.7 Å². The smallest absolute Gasteiger partial charge is 0.177 e. The summed E-state index contributed by atoms with van der Waals surface area (Å²) >= 11 is 1.71. The summed E-state index contributed by atoms with van der Waals surface area (Å²) < 4.78 is 24.0. The minimum Gasteiger partial charge on any atom is -0.298 e. The van der Waals surface area contributed by atoms with Gasteiger partial charge in [-0.1, -0.05) is 0 Å². The highest BCUT2D eigenvalue weighted by Gasteiger charge is 2.27. The molecule has 0 spiro atoms. The van der Waals surface area contributed by atoms with Crippen molar-refractivity contribution in [3.63, 3.8) is 0 Å². The van der Waals surface area contributed by atoms with Gasteiger partial charge in [-0.3, -0.25) is 9.88 Å². The molecule has 3 heterocycles. The van der Waals surface area contributed by atoms with Crippen LogP contribution in [0.1, 0.15) is 30.0 Å². The summed E-state index contributed by atoms with van der Waals surface area (Å²) in [6.07, 6.45) is 5.04. The van der Waals surface area contributed by atoms with Crippen LogP contribution in [0.4, 0.5) is 0 Å². The van der Waals surface area contributed by atoms with Gasteiger partial charge in [0.25, 0.3) is 0 Å². The molecule has 6 heteroatoms. The topological polar surface area (TPSA) is 50.3 Å². The van der Waals surface area contributed by atoms with E-state index in [0.29, 0.717) is 4.90 Å². The van der Waals surface area contributed by atoms with Crippen molar-refractivity contribution in [3.8, 4) is 0 Å². The highest BCUT2D eigenvalue weighted by molar-refractivity contribution is 7.90. The summed E-state index contributed by atoms with van der Waals surface area (Å²) in [4.78, 5) is 7.18. The molecule has 0 N–H and O–H groups in total. The first-order valence-corrected chi connectivity index (χ1v) is 10.3. The van der Waals surface area contributed by atoms with Crippen LogP contribution in [0.5, 0.6) is 0 Å². The predicted molar refractivity (Wildman–Crippen MR) is 88.9 cm³/mol. The Balaban J connectivity index is 1.80. The maximum atomic E-state index is 12.0. The number of sulfone groups is 1. The summed E-state index contributed by atoms with van der Waals surface area (Å²) in [6.45, 7) is 2.86. The fourth-order valence-corrected chi connectivity index (χ4v) is 4.67. The van der Waals surface area contributed by atoms with Crippen LogP contribution >= 0.6 is 11.3 Å². The van der Waals surface area contributed by atoms with Crippen molar-refractivity contribution in [2.24, 2.45) is 0 Å². The van der Waals surface area contributed by atoms with E-state index in [1.54, 1.807) is 29.7 Å². The lowest BCUT2D eigenvalue weighted by Gasteiger charge is -2.32. The molecule has 1 aliphatic heterocycles. The Hall–Kier alpha value is -1.24. The number of hydrogen-bond donors (Lipinski definition) is 0. The lowest BCUT2D eigenvalue weighted by molar-refractivity contribution is 0.197. The maximum Gasteiger partial charge on any atom is 0.177 e. The molecule has 1 atom stereocenters. The van der Waals surface area contributed by atoms with Crippen LogP contribution in [0.3, 0.4) is 0 Å². The molecule has 0 aromatic carbocycles. The number of thiophene rings is 1. The molecule has 3 rings (SSSR count). The first-order chi connectivity index (χ1) is 10.5. The molecule has 0 radical (unpaired) electrons. The second kappa shape index (κ2) is 6.48. The molecule has 1 saturated heterocycles. The van der Waals surface area contributed by atoms with Gasteiger partial charge in [0, 0.05) is 31.5 Å². The fourth-order valence-electron chi connectivity index (χ4n) is 3.09. The average Bonchev–Trinajstić information content (AvgIpc) is 3.00. The van der Waals surface area contributed by atoms with Crippen molar-refractivity contribution >= 4 is 21.2 Å². The van der Waals surface area contributed by atoms with E-state index in [1.807, 2.05) is 0 Å². The molecule has 1 fully saturated rings. The van der Waals surface area contributed by atoms with E-state index in [1.165, 1.54) is 11.8 Å². The van der Waals surface area contributed by atoms with Gasteiger partial charge in [-0.25, -0.2) is 8.42 Å². The fraction of sp³-hybridized carbons (Fsp3) is 0.438. The van der Waals surface area contributed by atoms with E-state index >= 15 is 0 Å². The highest BCUT2D eigenvalue weighted by Crippen LogP contribution is 2.30. The van der Waals surface area contributed by atoms with Gasteiger partial charge in [-0.2, -0.15) is 11.3 Å². The summed E-state index contributed by atoms with van der Waals surface area (Å²) in [7, 11) is -3.23. The summed E-state index contributed by atoms with van der Waals surface area (Å²) in [6, 6.07) is 5.53. The van der Waals surface area contributed by atoms with E-state index in [9.17, 15) is 8.42 Å². The van der Waals surface area contributed by atoms with Crippen LogP contribution in [-0.2, 0) is 16.4 Å². The summed E-state index contributed by atoms with van der Waals surface area (Å²) in [5.74, 6) is 0.193. The van der Waals surface area contributed by atoms with Crippen LogP contribution in [0.25, 0.3) is 0 Å². The standard InChI is InChI=1S/C16H20N2O2S2/c1-22(19,20)15-5-2-7-17-16(15)14-4-3-8-18(11-14)10-13-6-9-21-12-13/h2,5-7,9,12,14H,3-4,8,10-11H2,1H3/t14-/m1/s1. The number of hydrogen-bond acceptors (Lipinski definition) is 5. The largest absolute Gasteiger partial charge is 0.298 e. The van der Waals surface area contributed by atoms with Crippen molar-refractivity contribution in [3.05, 3.63) is 46.4 Å². The molecule has 4 nitrogen and oxygen atoms in total. The molecule has 0 saturated carbocycles. The van der Waals surface area contributed by atoms with E-state index < -0.39 is 9.84 Å². The van der Waals surface area contributed by atoms with Crippen molar-refractivity contribution in [1.29, 1.82) is 0 Å². The molecular formula is C16H20N2O2S2.